The topological polar surface area (TPSA) is 118 Å². The van der Waals surface area contributed by atoms with Crippen molar-refractivity contribution >= 4 is 51.5 Å². The van der Waals surface area contributed by atoms with E-state index in [1.54, 1.807) is 41.8 Å². The lowest BCUT2D eigenvalue weighted by Gasteiger charge is -2.18. The van der Waals surface area contributed by atoms with Gasteiger partial charge in [-0.2, -0.15) is 0 Å². The van der Waals surface area contributed by atoms with Crippen molar-refractivity contribution in [3.05, 3.63) is 53.4 Å². The van der Waals surface area contributed by atoms with Gasteiger partial charge in [-0.05, 0) is 42.5 Å². The number of aromatic nitrogens is 1. The van der Waals surface area contributed by atoms with Crippen LogP contribution in [0.5, 0.6) is 5.75 Å². The quantitative estimate of drug-likeness (QED) is 0.593. The molecule has 9 nitrogen and oxygen atoms in total. The van der Waals surface area contributed by atoms with E-state index in [0.29, 0.717) is 33.5 Å². The summed E-state index contributed by atoms with van der Waals surface area (Å²) in [6, 6.07) is 11.6. The number of rotatable bonds is 4. The lowest BCUT2D eigenvalue weighted by Crippen LogP contribution is -2.28. The van der Waals surface area contributed by atoms with E-state index < -0.39 is 0 Å². The molecular weight excluding hydrogens is 432 g/mol. The van der Waals surface area contributed by atoms with Crippen LogP contribution in [0, 0.1) is 0 Å². The van der Waals surface area contributed by atoms with Crippen molar-refractivity contribution in [3.63, 3.8) is 0 Å². The molecule has 0 unspecified atom stereocenters. The number of thiazole rings is 1. The van der Waals surface area contributed by atoms with E-state index in [4.69, 9.17) is 4.74 Å². The fourth-order valence-corrected chi connectivity index (χ4v) is 4.22. The first-order valence-corrected chi connectivity index (χ1v) is 10.7. The Morgan fingerprint density at radius 3 is 2.56 bits per heavy atom. The second kappa shape index (κ2) is 7.89. The number of amides is 4. The molecule has 0 aliphatic carbocycles. The molecule has 2 aliphatic heterocycles. The number of hydrogen-bond donors (Lipinski definition) is 2. The maximum absolute atomic E-state index is 12.6. The van der Waals surface area contributed by atoms with Crippen molar-refractivity contribution in [3.8, 4) is 17.0 Å². The van der Waals surface area contributed by atoms with Crippen LogP contribution in [0.4, 0.5) is 16.5 Å². The monoisotopic (exact) mass is 448 g/mol. The minimum Gasteiger partial charge on any atom is -0.482 e. The van der Waals surface area contributed by atoms with Crippen LogP contribution in [-0.4, -0.2) is 35.2 Å². The Kier molecular flexibility index (Phi) is 4.91. The molecular formula is C22H16N4O5S. The van der Waals surface area contributed by atoms with Crippen LogP contribution in [0.15, 0.2) is 47.8 Å². The van der Waals surface area contributed by atoms with Gasteiger partial charge in [-0.15, -0.1) is 11.3 Å². The Morgan fingerprint density at radius 2 is 1.81 bits per heavy atom. The predicted molar refractivity (Wildman–Crippen MR) is 118 cm³/mol. The van der Waals surface area contributed by atoms with Gasteiger partial charge in [0.05, 0.1) is 17.1 Å². The van der Waals surface area contributed by atoms with Crippen molar-refractivity contribution in [2.45, 2.75) is 12.8 Å². The lowest BCUT2D eigenvalue weighted by molar-refractivity contribution is -0.121. The van der Waals surface area contributed by atoms with Gasteiger partial charge in [-0.3, -0.25) is 29.4 Å². The molecule has 0 radical (unpaired) electrons. The van der Waals surface area contributed by atoms with E-state index in [2.05, 4.69) is 15.6 Å². The van der Waals surface area contributed by atoms with Crippen LogP contribution < -0.4 is 20.3 Å². The minimum absolute atomic E-state index is 0.00907. The molecule has 10 heteroatoms. The summed E-state index contributed by atoms with van der Waals surface area (Å²) < 4.78 is 5.36. The van der Waals surface area contributed by atoms with Gasteiger partial charge >= 0.3 is 0 Å². The lowest BCUT2D eigenvalue weighted by atomic mass is 10.1. The molecule has 0 bridgehead atoms. The molecule has 2 N–H and O–H groups in total. The average molecular weight is 448 g/mol. The van der Waals surface area contributed by atoms with Crippen LogP contribution in [0.25, 0.3) is 11.3 Å². The summed E-state index contributed by atoms with van der Waals surface area (Å²) in [6.07, 6.45) is 0.411. The zero-order chi connectivity index (χ0) is 22.2. The Bertz CT molecular complexity index is 1250. The Morgan fingerprint density at radius 1 is 1.06 bits per heavy atom. The summed E-state index contributed by atoms with van der Waals surface area (Å²) >= 11 is 1.27. The van der Waals surface area contributed by atoms with Gasteiger partial charge in [0.25, 0.3) is 11.8 Å². The average Bonchev–Trinajstić information content (AvgIpc) is 3.39. The fourth-order valence-electron chi connectivity index (χ4n) is 3.50. The highest BCUT2D eigenvalue weighted by molar-refractivity contribution is 7.14. The van der Waals surface area contributed by atoms with Crippen molar-refractivity contribution in [2.24, 2.45) is 0 Å². The Labute approximate surface area is 186 Å². The molecule has 3 heterocycles. The Balaban J connectivity index is 1.29. The van der Waals surface area contributed by atoms with E-state index in [9.17, 15) is 19.2 Å². The summed E-state index contributed by atoms with van der Waals surface area (Å²) in [5, 5.41) is 7.72. The van der Waals surface area contributed by atoms with Crippen molar-refractivity contribution < 1.29 is 23.9 Å². The van der Waals surface area contributed by atoms with Gasteiger partial charge in [-0.1, -0.05) is 0 Å². The maximum Gasteiger partial charge on any atom is 0.262 e. The highest BCUT2D eigenvalue weighted by Gasteiger charge is 2.30. The molecule has 2 aromatic carbocycles. The molecule has 32 heavy (non-hydrogen) atoms. The van der Waals surface area contributed by atoms with Gasteiger partial charge in [0, 0.05) is 29.3 Å². The third kappa shape index (κ3) is 3.71. The summed E-state index contributed by atoms with van der Waals surface area (Å²) in [5.41, 5.74) is 2.82. The largest absolute Gasteiger partial charge is 0.482 e. The van der Waals surface area contributed by atoms with E-state index in [-0.39, 0.29) is 43.1 Å². The molecule has 0 spiro atoms. The van der Waals surface area contributed by atoms with Gasteiger partial charge in [0.15, 0.2) is 11.7 Å². The predicted octanol–water partition coefficient (Wildman–Crippen LogP) is 3.05. The number of carbonyl (C=O) groups excluding carboxylic acids is 4. The normalized spacial score (nSPS) is 15.2. The molecule has 1 saturated heterocycles. The second-order valence-electron chi connectivity index (χ2n) is 7.21. The Hall–Kier alpha value is -4.05. The number of anilines is 3. The van der Waals surface area contributed by atoms with Crippen molar-refractivity contribution in [1.29, 1.82) is 0 Å². The summed E-state index contributed by atoms with van der Waals surface area (Å²) in [4.78, 5) is 53.4. The number of imide groups is 1. The first-order valence-electron chi connectivity index (χ1n) is 9.78. The van der Waals surface area contributed by atoms with Crippen LogP contribution in [0.2, 0.25) is 0 Å². The number of carbonyl (C=O) groups is 4. The molecule has 1 fully saturated rings. The second-order valence-corrected chi connectivity index (χ2v) is 8.07. The van der Waals surface area contributed by atoms with Gasteiger partial charge < -0.3 is 10.1 Å². The number of ether oxygens (including phenoxy) is 1. The number of benzene rings is 2. The van der Waals surface area contributed by atoms with Gasteiger partial charge in [-0.25, -0.2) is 4.98 Å². The van der Waals surface area contributed by atoms with Crippen LogP contribution in [0.1, 0.15) is 23.2 Å². The first-order chi connectivity index (χ1) is 15.5. The van der Waals surface area contributed by atoms with Crippen LogP contribution >= 0.6 is 11.3 Å². The summed E-state index contributed by atoms with van der Waals surface area (Å²) in [5.74, 6) is -0.461. The molecule has 5 rings (SSSR count). The molecule has 4 amide bonds. The van der Waals surface area contributed by atoms with Crippen molar-refractivity contribution in [1.82, 2.24) is 4.98 Å². The first kappa shape index (κ1) is 19.9. The fraction of sp³-hybridized carbons (Fsp3) is 0.136. The molecule has 1 aromatic heterocycles. The molecule has 0 saturated carbocycles. The zero-order valence-electron chi connectivity index (χ0n) is 16.6. The number of nitrogens with zero attached hydrogens (tertiary/aromatic N) is 2. The van der Waals surface area contributed by atoms with Gasteiger partial charge in [0.1, 0.15) is 5.75 Å². The molecule has 160 valence electrons. The van der Waals surface area contributed by atoms with E-state index >= 15 is 0 Å². The van der Waals surface area contributed by atoms with Crippen LogP contribution in [-0.2, 0) is 14.4 Å². The van der Waals surface area contributed by atoms with Crippen molar-refractivity contribution in [2.75, 3.05) is 22.1 Å². The SMILES string of the molecule is O=C1COc2ccc(-c3csc(NC(=O)c4ccc(N5C(=O)CCC5=O)cc4)n3)cc2N1. The van der Waals surface area contributed by atoms with Crippen LogP contribution in [0.3, 0.4) is 0 Å². The number of fused-ring (bicyclic) bond motifs is 1. The highest BCUT2D eigenvalue weighted by atomic mass is 32.1. The third-order valence-electron chi connectivity index (χ3n) is 5.07. The number of hydrogen-bond acceptors (Lipinski definition) is 7. The van der Waals surface area contributed by atoms with E-state index in [1.165, 1.54) is 11.3 Å². The van der Waals surface area contributed by atoms with Gasteiger partial charge in [0.2, 0.25) is 11.8 Å². The van der Waals surface area contributed by atoms with E-state index in [0.717, 1.165) is 10.5 Å². The third-order valence-corrected chi connectivity index (χ3v) is 5.83. The smallest absolute Gasteiger partial charge is 0.262 e. The summed E-state index contributed by atoms with van der Waals surface area (Å²) in [7, 11) is 0. The standard InChI is InChI=1S/C22H16N4O5S/c27-18-10-31-17-6-3-13(9-15(17)23-18)16-11-32-22(24-16)25-21(30)12-1-4-14(5-2-12)26-19(28)7-8-20(26)29/h1-6,9,11H,7-8,10H2,(H,23,27)(H,24,25,30). The minimum atomic E-state index is -0.359. The molecule has 2 aliphatic rings. The zero-order valence-corrected chi connectivity index (χ0v) is 17.4. The summed E-state index contributed by atoms with van der Waals surface area (Å²) in [6.45, 7) is -0.00907. The molecule has 0 atom stereocenters. The molecule has 3 aromatic rings. The van der Waals surface area contributed by atoms with E-state index in [1.807, 2.05) is 6.07 Å². The number of nitrogens with one attached hydrogen (secondary N) is 2. The highest BCUT2D eigenvalue weighted by Crippen LogP contribution is 2.34. The maximum atomic E-state index is 12.6.